The largest absolute Gasteiger partial charge is 0.478 e. The number of carboxylic acid groups (broad SMARTS) is 1. The van der Waals surface area contributed by atoms with Gasteiger partial charge in [-0.1, -0.05) is 42.5 Å². The van der Waals surface area contributed by atoms with Crippen LogP contribution in [0.5, 0.6) is 0 Å². The molecule has 0 atom stereocenters. The molecule has 3 aromatic rings. The van der Waals surface area contributed by atoms with Crippen molar-refractivity contribution in [1.82, 2.24) is 4.98 Å². The first-order valence-electron chi connectivity index (χ1n) is 7.45. The van der Waals surface area contributed by atoms with Crippen LogP contribution >= 0.6 is 11.3 Å². The SMILES string of the molecule is O=C(O)/C=C/c1cccc(NC(=O)c2csc(-c3ccccc3)n2)c1. The fourth-order valence-electron chi connectivity index (χ4n) is 2.17. The van der Waals surface area contributed by atoms with Gasteiger partial charge in [-0.3, -0.25) is 4.79 Å². The molecule has 25 heavy (non-hydrogen) atoms. The van der Waals surface area contributed by atoms with Crippen LogP contribution in [0.15, 0.2) is 66.1 Å². The molecule has 0 aliphatic heterocycles. The number of thiazole rings is 1. The van der Waals surface area contributed by atoms with Crippen molar-refractivity contribution in [2.24, 2.45) is 0 Å². The summed E-state index contributed by atoms with van der Waals surface area (Å²) in [5.41, 5.74) is 2.57. The number of hydrogen-bond acceptors (Lipinski definition) is 4. The summed E-state index contributed by atoms with van der Waals surface area (Å²) in [4.78, 5) is 27.3. The van der Waals surface area contributed by atoms with Crippen LogP contribution in [0.25, 0.3) is 16.6 Å². The number of rotatable bonds is 5. The van der Waals surface area contributed by atoms with E-state index in [4.69, 9.17) is 5.11 Å². The number of nitrogens with zero attached hydrogens (tertiary/aromatic N) is 1. The van der Waals surface area contributed by atoms with Crippen LogP contribution < -0.4 is 5.32 Å². The Morgan fingerprint density at radius 1 is 1.08 bits per heavy atom. The molecular weight excluding hydrogens is 336 g/mol. The Morgan fingerprint density at radius 2 is 1.88 bits per heavy atom. The van der Waals surface area contributed by atoms with E-state index < -0.39 is 5.97 Å². The average molecular weight is 350 g/mol. The second-order valence-corrected chi connectivity index (χ2v) is 6.01. The highest BCUT2D eigenvalue weighted by atomic mass is 32.1. The lowest BCUT2D eigenvalue weighted by atomic mass is 10.2. The van der Waals surface area contributed by atoms with E-state index in [0.717, 1.165) is 16.6 Å². The molecule has 0 saturated carbocycles. The second-order valence-electron chi connectivity index (χ2n) is 5.16. The minimum Gasteiger partial charge on any atom is -0.478 e. The van der Waals surface area contributed by atoms with Crippen LogP contribution in [0.2, 0.25) is 0 Å². The Kier molecular flexibility index (Phi) is 5.01. The first kappa shape index (κ1) is 16.6. The molecule has 0 fully saturated rings. The number of aliphatic carboxylic acids is 1. The van der Waals surface area contributed by atoms with Crippen LogP contribution in [0.3, 0.4) is 0 Å². The predicted molar refractivity (Wildman–Crippen MR) is 98.6 cm³/mol. The van der Waals surface area contributed by atoms with Gasteiger partial charge in [-0.05, 0) is 23.8 Å². The number of carboxylic acids is 1. The lowest BCUT2D eigenvalue weighted by Crippen LogP contribution is -2.12. The summed E-state index contributed by atoms with van der Waals surface area (Å²) in [5, 5.41) is 13.9. The van der Waals surface area contributed by atoms with Crippen LogP contribution in [0.1, 0.15) is 16.1 Å². The molecule has 0 spiro atoms. The third-order valence-electron chi connectivity index (χ3n) is 3.32. The van der Waals surface area contributed by atoms with Crippen molar-refractivity contribution in [3.63, 3.8) is 0 Å². The fraction of sp³-hybridized carbons (Fsp3) is 0. The lowest BCUT2D eigenvalue weighted by molar-refractivity contribution is -0.131. The van der Waals surface area contributed by atoms with E-state index in [-0.39, 0.29) is 5.91 Å². The van der Waals surface area contributed by atoms with E-state index in [1.807, 2.05) is 30.3 Å². The van der Waals surface area contributed by atoms with Crippen molar-refractivity contribution in [3.8, 4) is 10.6 Å². The molecule has 2 N–H and O–H groups in total. The van der Waals surface area contributed by atoms with Gasteiger partial charge in [0.1, 0.15) is 10.7 Å². The maximum atomic E-state index is 12.4. The normalized spacial score (nSPS) is 10.7. The Hall–Kier alpha value is -3.25. The van der Waals surface area contributed by atoms with Crippen molar-refractivity contribution in [1.29, 1.82) is 0 Å². The number of carbonyl (C=O) groups is 2. The van der Waals surface area contributed by atoms with Gasteiger partial charge in [0.25, 0.3) is 5.91 Å². The van der Waals surface area contributed by atoms with Gasteiger partial charge in [-0.25, -0.2) is 9.78 Å². The molecule has 0 unspecified atom stereocenters. The zero-order valence-electron chi connectivity index (χ0n) is 13.0. The maximum absolute atomic E-state index is 12.4. The van der Waals surface area contributed by atoms with Crippen molar-refractivity contribution < 1.29 is 14.7 Å². The molecular formula is C19H14N2O3S. The standard InChI is InChI=1S/C19H14N2O3S/c22-17(23)10-9-13-5-4-8-15(11-13)20-18(24)16-12-25-19(21-16)14-6-2-1-3-7-14/h1-12H,(H,20,24)(H,22,23)/b10-9+. The zero-order valence-corrected chi connectivity index (χ0v) is 13.9. The molecule has 1 heterocycles. The van der Waals surface area contributed by atoms with Crippen molar-refractivity contribution >= 4 is 35.0 Å². The quantitative estimate of drug-likeness (QED) is 0.677. The summed E-state index contributed by atoms with van der Waals surface area (Å²) in [6, 6.07) is 16.6. The molecule has 124 valence electrons. The molecule has 0 aliphatic rings. The van der Waals surface area contributed by atoms with Gasteiger partial charge in [0.15, 0.2) is 0 Å². The molecule has 0 bridgehead atoms. The van der Waals surface area contributed by atoms with Crippen LogP contribution in [-0.4, -0.2) is 22.0 Å². The molecule has 2 aromatic carbocycles. The maximum Gasteiger partial charge on any atom is 0.328 e. The van der Waals surface area contributed by atoms with E-state index in [2.05, 4.69) is 10.3 Å². The highest BCUT2D eigenvalue weighted by Crippen LogP contribution is 2.23. The van der Waals surface area contributed by atoms with E-state index in [9.17, 15) is 9.59 Å². The highest BCUT2D eigenvalue weighted by molar-refractivity contribution is 7.13. The summed E-state index contributed by atoms with van der Waals surface area (Å²) >= 11 is 1.41. The molecule has 3 rings (SSSR count). The number of aromatic nitrogens is 1. The smallest absolute Gasteiger partial charge is 0.328 e. The summed E-state index contributed by atoms with van der Waals surface area (Å²) in [6.07, 6.45) is 2.52. The number of hydrogen-bond donors (Lipinski definition) is 2. The lowest BCUT2D eigenvalue weighted by Gasteiger charge is -2.04. The van der Waals surface area contributed by atoms with Gasteiger partial charge < -0.3 is 10.4 Å². The van der Waals surface area contributed by atoms with Gasteiger partial charge in [0, 0.05) is 22.7 Å². The molecule has 6 heteroatoms. The summed E-state index contributed by atoms with van der Waals surface area (Å²) in [6.45, 7) is 0. The number of amides is 1. The minimum atomic E-state index is -1.02. The zero-order chi connectivity index (χ0) is 17.6. The first-order valence-corrected chi connectivity index (χ1v) is 8.33. The van der Waals surface area contributed by atoms with Gasteiger partial charge in [-0.2, -0.15) is 0 Å². The molecule has 1 amide bonds. The van der Waals surface area contributed by atoms with E-state index in [0.29, 0.717) is 16.9 Å². The monoisotopic (exact) mass is 350 g/mol. The third kappa shape index (κ3) is 4.39. The number of benzene rings is 2. The molecule has 0 radical (unpaired) electrons. The third-order valence-corrected chi connectivity index (χ3v) is 4.21. The topological polar surface area (TPSA) is 79.3 Å². The first-order chi connectivity index (χ1) is 12.1. The van der Waals surface area contributed by atoms with Gasteiger partial charge in [0.05, 0.1) is 0 Å². The summed E-state index contributed by atoms with van der Waals surface area (Å²) < 4.78 is 0. The van der Waals surface area contributed by atoms with E-state index >= 15 is 0 Å². The minimum absolute atomic E-state index is 0.308. The highest BCUT2D eigenvalue weighted by Gasteiger charge is 2.12. The Morgan fingerprint density at radius 3 is 2.64 bits per heavy atom. The van der Waals surface area contributed by atoms with Crippen LogP contribution in [-0.2, 0) is 4.79 Å². The van der Waals surface area contributed by atoms with Crippen molar-refractivity contribution in [2.75, 3.05) is 5.32 Å². The van der Waals surface area contributed by atoms with E-state index in [1.165, 1.54) is 17.4 Å². The number of anilines is 1. The average Bonchev–Trinajstić information content (AvgIpc) is 3.11. The number of carbonyl (C=O) groups excluding carboxylic acids is 1. The molecule has 0 aliphatic carbocycles. The van der Waals surface area contributed by atoms with Gasteiger partial charge in [-0.15, -0.1) is 11.3 Å². The summed E-state index contributed by atoms with van der Waals surface area (Å²) in [5.74, 6) is -1.33. The second kappa shape index (κ2) is 7.55. The molecule has 0 saturated heterocycles. The van der Waals surface area contributed by atoms with Crippen molar-refractivity contribution in [3.05, 3.63) is 77.3 Å². The molecule has 1 aromatic heterocycles. The number of nitrogens with one attached hydrogen (secondary N) is 1. The van der Waals surface area contributed by atoms with Crippen LogP contribution in [0, 0.1) is 0 Å². The van der Waals surface area contributed by atoms with Gasteiger partial charge >= 0.3 is 5.97 Å². The Balaban J connectivity index is 1.74. The van der Waals surface area contributed by atoms with Gasteiger partial charge in [0.2, 0.25) is 0 Å². The Labute approximate surface area is 148 Å². The molecule has 5 nitrogen and oxygen atoms in total. The predicted octanol–water partition coefficient (Wildman–Crippen LogP) is 4.16. The van der Waals surface area contributed by atoms with E-state index in [1.54, 1.807) is 29.6 Å². The fourth-order valence-corrected chi connectivity index (χ4v) is 2.98. The summed E-state index contributed by atoms with van der Waals surface area (Å²) in [7, 11) is 0. The van der Waals surface area contributed by atoms with Crippen LogP contribution in [0.4, 0.5) is 5.69 Å². The van der Waals surface area contributed by atoms with Crippen molar-refractivity contribution in [2.45, 2.75) is 0 Å². The Bertz CT molecular complexity index is 933.